The third-order valence-electron chi connectivity index (χ3n) is 2.37. The number of aromatic nitrogens is 1. The Balaban J connectivity index is 2.56. The zero-order valence-corrected chi connectivity index (χ0v) is 9.40. The van der Waals surface area contributed by atoms with Crippen LogP contribution in [0.25, 0.3) is 0 Å². The third-order valence-corrected chi connectivity index (χ3v) is 3.36. The van der Waals surface area contributed by atoms with E-state index in [1.807, 2.05) is 6.92 Å². The summed E-state index contributed by atoms with van der Waals surface area (Å²) in [5.41, 5.74) is 7.00. The van der Waals surface area contributed by atoms with Gasteiger partial charge in [0.05, 0.1) is 5.01 Å². The Hall–Kier alpha value is -0.410. The first-order valence-corrected chi connectivity index (χ1v) is 5.68. The van der Waals surface area contributed by atoms with Crippen LogP contribution in [0.15, 0.2) is 5.38 Å². The van der Waals surface area contributed by atoms with E-state index in [0.717, 1.165) is 18.5 Å². The standard InChI is InChI=1S/C10H18N2S/c1-4-9(8(3)11)5-10-12-7(2)6-13-10/h6,8-9H,4-5,11H2,1-3H3. The first-order valence-electron chi connectivity index (χ1n) is 4.80. The number of aryl methyl sites for hydroxylation is 1. The average Bonchev–Trinajstić information content (AvgIpc) is 2.46. The minimum absolute atomic E-state index is 0.272. The molecule has 2 unspecified atom stereocenters. The predicted molar refractivity (Wildman–Crippen MR) is 58.0 cm³/mol. The van der Waals surface area contributed by atoms with Gasteiger partial charge in [0, 0.05) is 23.5 Å². The molecule has 0 saturated carbocycles. The SMILES string of the molecule is CCC(Cc1nc(C)cs1)C(C)N. The minimum Gasteiger partial charge on any atom is -0.328 e. The molecule has 0 aliphatic heterocycles. The Morgan fingerprint density at radius 2 is 2.31 bits per heavy atom. The zero-order valence-electron chi connectivity index (χ0n) is 8.58. The molecule has 1 aromatic heterocycles. The number of rotatable bonds is 4. The predicted octanol–water partition coefficient (Wildman–Crippen LogP) is 2.37. The molecule has 2 N–H and O–H groups in total. The highest BCUT2D eigenvalue weighted by Crippen LogP contribution is 2.17. The molecule has 0 amide bonds. The largest absolute Gasteiger partial charge is 0.328 e. The van der Waals surface area contributed by atoms with Gasteiger partial charge in [0.1, 0.15) is 0 Å². The first-order chi connectivity index (χ1) is 6.13. The van der Waals surface area contributed by atoms with Crippen LogP contribution < -0.4 is 5.73 Å². The van der Waals surface area contributed by atoms with Gasteiger partial charge >= 0.3 is 0 Å². The molecule has 0 bridgehead atoms. The second-order valence-corrected chi connectivity index (χ2v) is 4.56. The van der Waals surface area contributed by atoms with E-state index in [9.17, 15) is 0 Å². The summed E-state index contributed by atoms with van der Waals surface area (Å²) in [4.78, 5) is 4.44. The fraction of sp³-hybridized carbons (Fsp3) is 0.700. The summed E-state index contributed by atoms with van der Waals surface area (Å²) in [6.45, 7) is 6.30. The van der Waals surface area contributed by atoms with Crippen LogP contribution in [0.4, 0.5) is 0 Å². The first kappa shape index (κ1) is 10.7. The van der Waals surface area contributed by atoms with Crippen LogP contribution in [-0.2, 0) is 6.42 Å². The third kappa shape index (κ3) is 3.08. The maximum absolute atomic E-state index is 5.88. The summed E-state index contributed by atoms with van der Waals surface area (Å²) < 4.78 is 0. The Bertz CT molecular complexity index is 255. The Kier molecular flexibility index (Phi) is 3.88. The van der Waals surface area contributed by atoms with Gasteiger partial charge in [-0.3, -0.25) is 0 Å². The summed E-state index contributed by atoms with van der Waals surface area (Å²) in [5.74, 6) is 0.575. The van der Waals surface area contributed by atoms with E-state index in [1.54, 1.807) is 11.3 Å². The molecule has 3 heteroatoms. The van der Waals surface area contributed by atoms with E-state index >= 15 is 0 Å². The van der Waals surface area contributed by atoms with E-state index < -0.39 is 0 Å². The number of nitrogens with zero attached hydrogens (tertiary/aromatic N) is 1. The fourth-order valence-corrected chi connectivity index (χ4v) is 2.29. The van der Waals surface area contributed by atoms with Crippen molar-refractivity contribution in [3.05, 3.63) is 16.1 Å². The lowest BCUT2D eigenvalue weighted by Crippen LogP contribution is -2.27. The summed E-state index contributed by atoms with van der Waals surface area (Å²) >= 11 is 1.74. The van der Waals surface area contributed by atoms with Crippen molar-refractivity contribution < 1.29 is 0 Å². The van der Waals surface area contributed by atoms with Gasteiger partial charge in [0.25, 0.3) is 0 Å². The number of hydrogen-bond acceptors (Lipinski definition) is 3. The van der Waals surface area contributed by atoms with Crippen molar-refractivity contribution in [3.63, 3.8) is 0 Å². The second kappa shape index (κ2) is 4.72. The molecule has 0 spiro atoms. The monoisotopic (exact) mass is 198 g/mol. The summed E-state index contributed by atoms with van der Waals surface area (Å²) in [5, 5.41) is 3.32. The van der Waals surface area contributed by atoms with Crippen molar-refractivity contribution in [1.82, 2.24) is 4.98 Å². The van der Waals surface area contributed by atoms with Gasteiger partial charge in [-0.15, -0.1) is 11.3 Å². The summed E-state index contributed by atoms with van der Waals surface area (Å²) in [7, 11) is 0. The lowest BCUT2D eigenvalue weighted by molar-refractivity contribution is 0.427. The zero-order chi connectivity index (χ0) is 9.84. The molecule has 2 atom stereocenters. The molecule has 2 nitrogen and oxygen atoms in total. The van der Waals surface area contributed by atoms with Crippen LogP contribution in [0.3, 0.4) is 0 Å². The lowest BCUT2D eigenvalue weighted by Gasteiger charge is -2.16. The van der Waals surface area contributed by atoms with Gasteiger partial charge < -0.3 is 5.73 Å². The fourth-order valence-electron chi connectivity index (χ4n) is 1.42. The average molecular weight is 198 g/mol. The molecular weight excluding hydrogens is 180 g/mol. The van der Waals surface area contributed by atoms with Crippen molar-refractivity contribution in [2.24, 2.45) is 11.7 Å². The number of hydrogen-bond donors (Lipinski definition) is 1. The Labute approximate surface area is 84.2 Å². The van der Waals surface area contributed by atoms with E-state index in [2.05, 4.69) is 24.2 Å². The molecule has 0 radical (unpaired) electrons. The van der Waals surface area contributed by atoms with Crippen LogP contribution >= 0.6 is 11.3 Å². The van der Waals surface area contributed by atoms with Crippen molar-refractivity contribution >= 4 is 11.3 Å². The maximum atomic E-state index is 5.88. The van der Waals surface area contributed by atoms with Crippen LogP contribution in [0.2, 0.25) is 0 Å². The van der Waals surface area contributed by atoms with E-state index in [0.29, 0.717) is 5.92 Å². The van der Waals surface area contributed by atoms with Crippen molar-refractivity contribution in [1.29, 1.82) is 0 Å². The number of nitrogens with two attached hydrogens (primary N) is 1. The Morgan fingerprint density at radius 1 is 1.62 bits per heavy atom. The Morgan fingerprint density at radius 3 is 2.69 bits per heavy atom. The minimum atomic E-state index is 0.272. The van der Waals surface area contributed by atoms with Gasteiger partial charge in [-0.05, 0) is 19.8 Å². The molecule has 0 fully saturated rings. The van der Waals surface area contributed by atoms with Crippen molar-refractivity contribution in [2.45, 2.75) is 39.7 Å². The highest BCUT2D eigenvalue weighted by Gasteiger charge is 2.13. The van der Waals surface area contributed by atoms with E-state index in [4.69, 9.17) is 5.73 Å². The van der Waals surface area contributed by atoms with E-state index in [1.165, 1.54) is 5.01 Å². The van der Waals surface area contributed by atoms with E-state index in [-0.39, 0.29) is 6.04 Å². The molecule has 0 aliphatic rings. The van der Waals surface area contributed by atoms with Crippen LogP contribution in [0.1, 0.15) is 31.0 Å². The van der Waals surface area contributed by atoms with Gasteiger partial charge in [0.15, 0.2) is 0 Å². The van der Waals surface area contributed by atoms with Crippen LogP contribution in [0, 0.1) is 12.8 Å². The van der Waals surface area contributed by atoms with Gasteiger partial charge in [-0.1, -0.05) is 13.3 Å². The van der Waals surface area contributed by atoms with Crippen molar-refractivity contribution in [2.75, 3.05) is 0 Å². The van der Waals surface area contributed by atoms with Gasteiger partial charge in [-0.2, -0.15) is 0 Å². The molecule has 1 rings (SSSR count). The lowest BCUT2D eigenvalue weighted by atomic mass is 9.96. The second-order valence-electron chi connectivity index (χ2n) is 3.61. The quantitative estimate of drug-likeness (QED) is 0.806. The highest BCUT2D eigenvalue weighted by atomic mass is 32.1. The van der Waals surface area contributed by atoms with Gasteiger partial charge in [-0.25, -0.2) is 4.98 Å². The molecule has 74 valence electrons. The summed E-state index contributed by atoms with van der Waals surface area (Å²) in [6, 6.07) is 0.272. The summed E-state index contributed by atoms with van der Waals surface area (Å²) in [6.07, 6.45) is 2.17. The molecular formula is C10H18N2S. The molecule has 1 heterocycles. The molecule has 0 aliphatic carbocycles. The topological polar surface area (TPSA) is 38.9 Å². The molecule has 0 aromatic carbocycles. The van der Waals surface area contributed by atoms with Crippen LogP contribution in [-0.4, -0.2) is 11.0 Å². The van der Waals surface area contributed by atoms with Crippen LogP contribution in [0.5, 0.6) is 0 Å². The normalized spacial score (nSPS) is 15.7. The van der Waals surface area contributed by atoms with Crippen molar-refractivity contribution in [3.8, 4) is 0 Å². The van der Waals surface area contributed by atoms with Gasteiger partial charge in [0.2, 0.25) is 0 Å². The maximum Gasteiger partial charge on any atom is 0.0931 e. The smallest absolute Gasteiger partial charge is 0.0931 e. The highest BCUT2D eigenvalue weighted by molar-refractivity contribution is 7.09. The molecule has 1 aromatic rings. The molecule has 0 saturated heterocycles. The molecule has 13 heavy (non-hydrogen) atoms. The number of thiazole rings is 1.